The highest BCUT2D eigenvalue weighted by molar-refractivity contribution is 5.32. The number of ether oxygens (including phenoxy) is 2. The molecule has 5 nitrogen and oxygen atoms in total. The van der Waals surface area contributed by atoms with Gasteiger partial charge in [0.15, 0.2) is 0 Å². The number of aryl methyl sites for hydroxylation is 1. The average molecular weight is 235 g/mol. The van der Waals surface area contributed by atoms with Crippen molar-refractivity contribution in [1.82, 2.24) is 9.97 Å². The number of rotatable bonds is 3. The molecule has 3 heterocycles. The van der Waals surface area contributed by atoms with Crippen LogP contribution < -0.4 is 10.1 Å². The molecular weight excluding hydrogens is 218 g/mol. The van der Waals surface area contributed by atoms with Crippen LogP contribution >= 0.6 is 0 Å². The van der Waals surface area contributed by atoms with Crippen molar-refractivity contribution >= 4 is 5.95 Å². The van der Waals surface area contributed by atoms with Gasteiger partial charge in [-0.3, -0.25) is 0 Å². The third kappa shape index (κ3) is 2.07. The van der Waals surface area contributed by atoms with E-state index in [0.717, 1.165) is 18.5 Å². The first kappa shape index (κ1) is 10.8. The monoisotopic (exact) mass is 235 g/mol. The Morgan fingerprint density at radius 2 is 2.29 bits per heavy atom. The van der Waals surface area contributed by atoms with Crippen molar-refractivity contribution in [3.63, 3.8) is 0 Å². The maximum absolute atomic E-state index is 5.79. The van der Waals surface area contributed by atoms with E-state index in [1.807, 2.05) is 13.0 Å². The van der Waals surface area contributed by atoms with Crippen molar-refractivity contribution in [3.05, 3.63) is 11.8 Å². The van der Waals surface area contributed by atoms with Gasteiger partial charge >= 0.3 is 0 Å². The normalized spacial score (nSPS) is 30.6. The molecule has 2 fully saturated rings. The molecule has 5 heteroatoms. The second kappa shape index (κ2) is 4.14. The molecule has 0 unspecified atom stereocenters. The number of fused-ring (bicyclic) bond motifs is 2. The summed E-state index contributed by atoms with van der Waals surface area (Å²) in [6.07, 6.45) is 4.16. The molecule has 3 atom stereocenters. The lowest BCUT2D eigenvalue weighted by atomic mass is 9.96. The minimum Gasteiger partial charge on any atom is -0.481 e. The van der Waals surface area contributed by atoms with E-state index in [2.05, 4.69) is 15.3 Å². The summed E-state index contributed by atoms with van der Waals surface area (Å²) in [6.45, 7) is 1.94. The van der Waals surface area contributed by atoms with E-state index in [1.54, 1.807) is 7.11 Å². The quantitative estimate of drug-likeness (QED) is 0.861. The van der Waals surface area contributed by atoms with Crippen LogP contribution in [0.15, 0.2) is 6.07 Å². The smallest absolute Gasteiger partial charge is 0.226 e. The maximum atomic E-state index is 5.79. The molecule has 2 bridgehead atoms. The van der Waals surface area contributed by atoms with E-state index in [0.29, 0.717) is 30.1 Å². The van der Waals surface area contributed by atoms with E-state index in [-0.39, 0.29) is 0 Å². The van der Waals surface area contributed by atoms with Gasteiger partial charge in [-0.25, -0.2) is 4.98 Å². The predicted molar refractivity (Wildman–Crippen MR) is 63.2 cm³/mol. The van der Waals surface area contributed by atoms with E-state index in [4.69, 9.17) is 9.47 Å². The Bertz CT molecular complexity index is 424. The van der Waals surface area contributed by atoms with Gasteiger partial charge in [0.25, 0.3) is 0 Å². The molecule has 1 N–H and O–H groups in total. The number of nitrogens with zero attached hydrogens (tertiary/aromatic N) is 2. The number of nitrogens with one attached hydrogen (secondary N) is 1. The Kier molecular flexibility index (Phi) is 2.63. The lowest BCUT2D eigenvalue weighted by molar-refractivity contribution is 0.102. The third-order valence-electron chi connectivity index (χ3n) is 3.46. The van der Waals surface area contributed by atoms with Gasteiger partial charge in [-0.2, -0.15) is 4.98 Å². The molecule has 17 heavy (non-hydrogen) atoms. The third-order valence-corrected chi connectivity index (χ3v) is 3.46. The van der Waals surface area contributed by atoms with E-state index in [1.165, 1.54) is 6.42 Å². The Labute approximate surface area is 101 Å². The van der Waals surface area contributed by atoms with Crippen LogP contribution in [0.5, 0.6) is 5.88 Å². The highest BCUT2D eigenvalue weighted by Gasteiger charge is 2.41. The van der Waals surface area contributed by atoms with Crippen molar-refractivity contribution in [3.8, 4) is 5.88 Å². The van der Waals surface area contributed by atoms with Gasteiger partial charge < -0.3 is 14.8 Å². The van der Waals surface area contributed by atoms with Crippen LogP contribution in [0, 0.1) is 6.92 Å². The standard InChI is InChI=1S/C12H17N3O2/c1-7-5-11(16-2)15-12(13-7)14-9-6-8-3-4-10(9)17-8/h5,8-10H,3-4,6H2,1-2H3,(H,13,14,15)/t8-,9+,10-/m1/s1. The predicted octanol–water partition coefficient (Wildman–Crippen LogP) is 1.53. The number of methoxy groups -OCH3 is 1. The van der Waals surface area contributed by atoms with Crippen LogP contribution in [-0.4, -0.2) is 35.3 Å². The highest BCUT2D eigenvalue weighted by atomic mass is 16.5. The Hall–Kier alpha value is -1.36. The minimum absolute atomic E-state index is 0.329. The molecule has 92 valence electrons. The lowest BCUT2D eigenvalue weighted by Crippen LogP contribution is -2.31. The summed E-state index contributed by atoms with van der Waals surface area (Å²) in [4.78, 5) is 8.67. The van der Waals surface area contributed by atoms with Crippen molar-refractivity contribution < 1.29 is 9.47 Å². The van der Waals surface area contributed by atoms with Crippen molar-refractivity contribution in [1.29, 1.82) is 0 Å². The zero-order valence-electron chi connectivity index (χ0n) is 10.1. The molecule has 0 radical (unpaired) electrons. The number of anilines is 1. The molecule has 0 saturated carbocycles. The summed E-state index contributed by atoms with van der Waals surface area (Å²) in [5.41, 5.74) is 0.906. The summed E-state index contributed by atoms with van der Waals surface area (Å²) in [7, 11) is 1.62. The Balaban J connectivity index is 1.74. The molecule has 0 aromatic carbocycles. The molecule has 1 aromatic rings. The molecule has 2 aliphatic rings. The zero-order valence-corrected chi connectivity index (χ0v) is 10.1. The van der Waals surface area contributed by atoms with Crippen LogP contribution in [0.3, 0.4) is 0 Å². The SMILES string of the molecule is COc1cc(C)nc(N[C@H]2C[C@H]3CC[C@H]2O3)n1. The average Bonchev–Trinajstić information content (AvgIpc) is 2.90. The largest absolute Gasteiger partial charge is 0.481 e. The molecule has 2 saturated heterocycles. The van der Waals surface area contributed by atoms with Crippen LogP contribution in [0.2, 0.25) is 0 Å². The molecular formula is C12H17N3O2. The summed E-state index contributed by atoms with van der Waals surface area (Å²) in [5, 5.41) is 3.36. The topological polar surface area (TPSA) is 56.3 Å². The fourth-order valence-corrected chi connectivity index (χ4v) is 2.66. The zero-order chi connectivity index (χ0) is 11.8. The van der Waals surface area contributed by atoms with Gasteiger partial charge in [0, 0.05) is 11.8 Å². The van der Waals surface area contributed by atoms with E-state index in [9.17, 15) is 0 Å². The summed E-state index contributed by atoms with van der Waals surface area (Å²) in [5.74, 6) is 1.24. The van der Waals surface area contributed by atoms with E-state index < -0.39 is 0 Å². The van der Waals surface area contributed by atoms with Crippen molar-refractivity contribution in [2.24, 2.45) is 0 Å². The molecule has 3 rings (SSSR count). The van der Waals surface area contributed by atoms with Gasteiger partial charge in [-0.15, -0.1) is 0 Å². The minimum atomic E-state index is 0.329. The van der Waals surface area contributed by atoms with Gasteiger partial charge in [0.2, 0.25) is 11.8 Å². The lowest BCUT2D eigenvalue weighted by Gasteiger charge is -2.20. The number of hydrogen-bond donors (Lipinski definition) is 1. The molecule has 0 amide bonds. The van der Waals surface area contributed by atoms with Crippen LogP contribution in [0.25, 0.3) is 0 Å². The molecule has 0 spiro atoms. The van der Waals surface area contributed by atoms with Gasteiger partial charge in [-0.05, 0) is 26.2 Å². The van der Waals surface area contributed by atoms with Crippen LogP contribution in [-0.2, 0) is 4.74 Å². The maximum Gasteiger partial charge on any atom is 0.226 e. The van der Waals surface area contributed by atoms with Crippen LogP contribution in [0.4, 0.5) is 5.95 Å². The van der Waals surface area contributed by atoms with Gasteiger partial charge in [-0.1, -0.05) is 0 Å². The van der Waals surface area contributed by atoms with Gasteiger partial charge in [0.1, 0.15) is 0 Å². The Morgan fingerprint density at radius 3 is 2.94 bits per heavy atom. The summed E-state index contributed by atoms with van der Waals surface area (Å²) in [6, 6.07) is 2.17. The van der Waals surface area contributed by atoms with Gasteiger partial charge in [0.05, 0.1) is 25.4 Å². The fourth-order valence-electron chi connectivity index (χ4n) is 2.66. The summed E-state index contributed by atoms with van der Waals surface area (Å²) < 4.78 is 10.9. The van der Waals surface area contributed by atoms with Crippen LogP contribution in [0.1, 0.15) is 25.0 Å². The highest BCUT2D eigenvalue weighted by Crippen LogP contribution is 2.35. The molecule has 2 aliphatic heterocycles. The first-order valence-electron chi connectivity index (χ1n) is 6.06. The summed E-state index contributed by atoms with van der Waals surface area (Å²) >= 11 is 0. The number of hydrogen-bond acceptors (Lipinski definition) is 5. The molecule has 1 aromatic heterocycles. The second-order valence-electron chi connectivity index (χ2n) is 4.74. The molecule has 0 aliphatic carbocycles. The first-order valence-corrected chi connectivity index (χ1v) is 6.06. The van der Waals surface area contributed by atoms with E-state index >= 15 is 0 Å². The van der Waals surface area contributed by atoms with Crippen molar-refractivity contribution in [2.75, 3.05) is 12.4 Å². The first-order chi connectivity index (χ1) is 8.24. The number of aromatic nitrogens is 2. The second-order valence-corrected chi connectivity index (χ2v) is 4.74. The Morgan fingerprint density at radius 1 is 1.41 bits per heavy atom. The fraction of sp³-hybridized carbons (Fsp3) is 0.667. The van der Waals surface area contributed by atoms with Crippen molar-refractivity contribution in [2.45, 2.75) is 44.4 Å².